The predicted octanol–water partition coefficient (Wildman–Crippen LogP) is 6.21. The second-order valence-electron chi connectivity index (χ2n) is 10.7. The molecule has 45 heavy (non-hydrogen) atoms. The van der Waals surface area contributed by atoms with Crippen molar-refractivity contribution in [1.29, 1.82) is 0 Å². The fraction of sp³-hybridized carbons (Fsp3) is 0.257. The minimum atomic E-state index is -4.17. The number of rotatable bonds is 14. The molecular formula is C35H38BrN3O5S. The maximum atomic E-state index is 14.5. The molecule has 8 nitrogen and oxygen atoms in total. The summed E-state index contributed by atoms with van der Waals surface area (Å²) in [6, 6.07) is 30.4. The van der Waals surface area contributed by atoms with Crippen LogP contribution in [0, 0.1) is 0 Å². The fourth-order valence-electron chi connectivity index (χ4n) is 4.82. The lowest BCUT2D eigenvalue weighted by atomic mass is 10.0. The molecule has 0 saturated carbocycles. The lowest BCUT2D eigenvalue weighted by Crippen LogP contribution is -2.54. The van der Waals surface area contributed by atoms with Gasteiger partial charge in [0.15, 0.2) is 0 Å². The number of hydrogen-bond donors (Lipinski definition) is 1. The van der Waals surface area contributed by atoms with Crippen LogP contribution in [0.4, 0.5) is 5.69 Å². The number of methoxy groups -OCH3 is 1. The van der Waals surface area contributed by atoms with Crippen molar-refractivity contribution in [1.82, 2.24) is 10.2 Å². The van der Waals surface area contributed by atoms with Gasteiger partial charge in [-0.25, -0.2) is 8.42 Å². The topological polar surface area (TPSA) is 96.0 Å². The Morgan fingerprint density at radius 2 is 1.49 bits per heavy atom. The normalized spacial score (nSPS) is 12.5. The number of ether oxygens (including phenoxy) is 1. The summed E-state index contributed by atoms with van der Waals surface area (Å²) in [4.78, 5) is 30.0. The molecule has 2 amide bonds. The molecular weight excluding hydrogens is 654 g/mol. The van der Waals surface area contributed by atoms with E-state index in [4.69, 9.17) is 4.74 Å². The van der Waals surface area contributed by atoms with E-state index in [2.05, 4.69) is 21.2 Å². The number of anilines is 1. The van der Waals surface area contributed by atoms with Crippen LogP contribution in [0.2, 0.25) is 0 Å². The third-order valence-electron chi connectivity index (χ3n) is 7.48. The summed E-state index contributed by atoms with van der Waals surface area (Å²) < 4.78 is 35.3. The number of amides is 2. The van der Waals surface area contributed by atoms with Gasteiger partial charge in [-0.2, -0.15) is 0 Å². The maximum Gasteiger partial charge on any atom is 0.264 e. The van der Waals surface area contributed by atoms with E-state index in [0.29, 0.717) is 17.9 Å². The lowest BCUT2D eigenvalue weighted by Gasteiger charge is -2.34. The third-order valence-corrected chi connectivity index (χ3v) is 9.77. The van der Waals surface area contributed by atoms with E-state index in [1.807, 2.05) is 68.4 Å². The minimum Gasteiger partial charge on any atom is -0.497 e. The quantitative estimate of drug-likeness (QED) is 0.170. The average molecular weight is 693 g/mol. The summed E-state index contributed by atoms with van der Waals surface area (Å²) in [6.45, 7) is 3.45. The van der Waals surface area contributed by atoms with Crippen LogP contribution in [-0.2, 0) is 32.6 Å². The van der Waals surface area contributed by atoms with E-state index in [-0.39, 0.29) is 29.8 Å². The highest BCUT2D eigenvalue weighted by molar-refractivity contribution is 9.10. The monoisotopic (exact) mass is 691 g/mol. The Labute approximate surface area is 274 Å². The van der Waals surface area contributed by atoms with Crippen molar-refractivity contribution >= 4 is 43.5 Å². The van der Waals surface area contributed by atoms with Gasteiger partial charge in [-0.05, 0) is 73.0 Å². The van der Waals surface area contributed by atoms with Crippen LogP contribution in [0.1, 0.15) is 31.4 Å². The number of nitrogens with zero attached hydrogens (tertiary/aromatic N) is 2. The molecule has 0 spiro atoms. The van der Waals surface area contributed by atoms with Crippen molar-refractivity contribution in [3.8, 4) is 5.75 Å². The molecule has 10 heteroatoms. The van der Waals surface area contributed by atoms with E-state index >= 15 is 0 Å². The Morgan fingerprint density at radius 1 is 0.867 bits per heavy atom. The first-order chi connectivity index (χ1) is 21.6. The number of hydrogen-bond acceptors (Lipinski definition) is 5. The summed E-state index contributed by atoms with van der Waals surface area (Å²) in [5.41, 5.74) is 1.95. The van der Waals surface area contributed by atoms with Crippen LogP contribution in [-0.4, -0.2) is 50.9 Å². The van der Waals surface area contributed by atoms with Gasteiger partial charge in [-0.1, -0.05) is 83.5 Å². The molecule has 0 aliphatic heterocycles. The number of benzene rings is 4. The Bertz CT molecular complexity index is 1670. The molecule has 0 unspecified atom stereocenters. The van der Waals surface area contributed by atoms with Gasteiger partial charge in [0.2, 0.25) is 11.8 Å². The lowest BCUT2D eigenvalue weighted by molar-refractivity contribution is -0.140. The van der Waals surface area contributed by atoms with Gasteiger partial charge in [0.05, 0.1) is 17.7 Å². The van der Waals surface area contributed by atoms with Gasteiger partial charge in [0.25, 0.3) is 10.0 Å². The highest BCUT2D eigenvalue weighted by atomic mass is 79.9. The summed E-state index contributed by atoms with van der Waals surface area (Å²) in [5.74, 6) is -0.285. The number of carbonyl (C=O) groups excluding carboxylic acids is 2. The van der Waals surface area contributed by atoms with E-state index in [9.17, 15) is 18.0 Å². The van der Waals surface area contributed by atoms with Gasteiger partial charge >= 0.3 is 0 Å². The van der Waals surface area contributed by atoms with Crippen molar-refractivity contribution in [3.05, 3.63) is 125 Å². The molecule has 0 fully saturated rings. The molecule has 4 aromatic rings. The van der Waals surface area contributed by atoms with Gasteiger partial charge in [-0.3, -0.25) is 13.9 Å². The van der Waals surface area contributed by atoms with E-state index in [1.54, 1.807) is 42.5 Å². The van der Waals surface area contributed by atoms with Crippen LogP contribution < -0.4 is 14.4 Å². The summed E-state index contributed by atoms with van der Waals surface area (Å²) in [6.07, 6.45) is 0.959. The largest absolute Gasteiger partial charge is 0.497 e. The predicted molar refractivity (Wildman–Crippen MR) is 180 cm³/mol. The molecule has 1 N–H and O–H groups in total. The fourth-order valence-corrected chi connectivity index (χ4v) is 6.71. The average Bonchev–Trinajstić information content (AvgIpc) is 3.06. The molecule has 0 aromatic heterocycles. The molecule has 0 bridgehead atoms. The second-order valence-corrected chi connectivity index (χ2v) is 13.5. The zero-order valence-corrected chi connectivity index (χ0v) is 28.0. The molecule has 236 valence electrons. The van der Waals surface area contributed by atoms with E-state index in [1.165, 1.54) is 24.1 Å². The van der Waals surface area contributed by atoms with Crippen molar-refractivity contribution in [2.24, 2.45) is 0 Å². The molecule has 2 atom stereocenters. The van der Waals surface area contributed by atoms with Crippen molar-refractivity contribution in [2.75, 3.05) is 18.0 Å². The molecule has 0 aliphatic rings. The summed E-state index contributed by atoms with van der Waals surface area (Å²) >= 11 is 3.51. The molecule has 0 heterocycles. The van der Waals surface area contributed by atoms with Gasteiger partial charge in [0.1, 0.15) is 18.3 Å². The van der Waals surface area contributed by atoms with Crippen LogP contribution in [0.25, 0.3) is 0 Å². The van der Waals surface area contributed by atoms with Gasteiger partial charge < -0.3 is 15.0 Å². The summed E-state index contributed by atoms with van der Waals surface area (Å²) in [5, 5.41) is 3.05. The highest BCUT2D eigenvalue weighted by Gasteiger charge is 2.35. The van der Waals surface area contributed by atoms with E-state index in [0.717, 1.165) is 19.9 Å². The number of halogens is 1. The third kappa shape index (κ3) is 8.95. The van der Waals surface area contributed by atoms with E-state index < -0.39 is 28.5 Å². The maximum absolute atomic E-state index is 14.5. The first kappa shape index (κ1) is 33.7. The molecule has 4 rings (SSSR count). The van der Waals surface area contributed by atoms with Crippen LogP contribution >= 0.6 is 15.9 Å². The Hall–Kier alpha value is -4.15. The highest BCUT2D eigenvalue weighted by Crippen LogP contribution is 2.27. The molecule has 0 radical (unpaired) electrons. The van der Waals surface area contributed by atoms with Crippen molar-refractivity contribution < 1.29 is 22.7 Å². The molecule has 0 saturated heterocycles. The SMILES string of the molecule is CC[C@H](C)NC(=O)[C@H](Cc1ccccc1)N(Cc1cccc(Br)c1)C(=O)CN(c1ccc(OC)cc1)S(=O)(=O)c1ccccc1. The smallest absolute Gasteiger partial charge is 0.264 e. The first-order valence-corrected chi connectivity index (χ1v) is 17.0. The molecule has 4 aromatic carbocycles. The number of carbonyl (C=O) groups is 2. The second kappa shape index (κ2) is 15.7. The Morgan fingerprint density at radius 3 is 2.09 bits per heavy atom. The summed E-state index contributed by atoms with van der Waals surface area (Å²) in [7, 11) is -2.65. The zero-order valence-electron chi connectivity index (χ0n) is 25.6. The zero-order chi connectivity index (χ0) is 32.4. The minimum absolute atomic E-state index is 0.0440. The first-order valence-electron chi connectivity index (χ1n) is 14.7. The van der Waals surface area contributed by atoms with Crippen LogP contribution in [0.15, 0.2) is 119 Å². The molecule has 0 aliphatic carbocycles. The van der Waals surface area contributed by atoms with Gasteiger partial charge in [0, 0.05) is 23.5 Å². The Kier molecular flexibility index (Phi) is 11.8. The van der Waals surface area contributed by atoms with Gasteiger partial charge in [-0.15, -0.1) is 0 Å². The van der Waals surface area contributed by atoms with Crippen LogP contribution in [0.3, 0.4) is 0 Å². The van der Waals surface area contributed by atoms with Crippen molar-refractivity contribution in [3.63, 3.8) is 0 Å². The Balaban J connectivity index is 1.80. The van der Waals surface area contributed by atoms with Crippen molar-refractivity contribution in [2.45, 2.75) is 50.2 Å². The number of sulfonamides is 1. The van der Waals surface area contributed by atoms with Crippen LogP contribution in [0.5, 0.6) is 5.75 Å². The standard InChI is InChI=1S/C35H38BrN3O5S/c1-4-26(2)37-35(41)33(23-27-12-7-5-8-13-27)38(24-28-14-11-15-29(36)22-28)34(40)25-39(30-18-20-31(44-3)21-19-30)45(42,43)32-16-9-6-10-17-32/h5-22,26,33H,4,23-25H2,1-3H3,(H,37,41)/t26-,33-/m0/s1. The number of nitrogens with one attached hydrogen (secondary N) is 1.